The van der Waals surface area contributed by atoms with E-state index in [4.69, 9.17) is 4.74 Å². The minimum atomic E-state index is -0.0275. The van der Waals surface area contributed by atoms with Gasteiger partial charge in [-0.1, -0.05) is 18.2 Å². The van der Waals surface area contributed by atoms with Crippen LogP contribution in [-0.4, -0.2) is 26.1 Å². The van der Waals surface area contributed by atoms with Gasteiger partial charge in [0.1, 0.15) is 5.75 Å². The average molecular weight is 276 g/mol. The Morgan fingerprint density at radius 2 is 2.30 bits per heavy atom. The summed E-state index contributed by atoms with van der Waals surface area (Å²) in [5.74, 6) is 1.60. The van der Waals surface area contributed by atoms with Crippen LogP contribution in [-0.2, 0) is 4.79 Å². The molecule has 1 unspecified atom stereocenters. The summed E-state index contributed by atoms with van der Waals surface area (Å²) in [6, 6.07) is 7.78. The van der Waals surface area contributed by atoms with E-state index >= 15 is 0 Å². The standard InChI is InChI=1S/C16H24N2O2/c1-12(14-5-3-4-6-15(14)20-2)18-16(19)8-7-13-9-10-17-11-13/h3-6,12-13,17H,7-11H2,1-2H3,(H,18,19)/t12-,13?/m1/s1. The van der Waals surface area contributed by atoms with Crippen LogP contribution in [0.25, 0.3) is 0 Å². The molecule has 1 saturated heterocycles. The number of hydrogen-bond acceptors (Lipinski definition) is 3. The summed E-state index contributed by atoms with van der Waals surface area (Å²) in [5, 5.41) is 6.39. The first-order valence-corrected chi connectivity index (χ1v) is 7.33. The molecule has 110 valence electrons. The summed E-state index contributed by atoms with van der Waals surface area (Å²) in [6.07, 6.45) is 2.76. The monoisotopic (exact) mass is 276 g/mol. The lowest BCUT2D eigenvalue weighted by molar-refractivity contribution is -0.122. The van der Waals surface area contributed by atoms with Crippen molar-refractivity contribution < 1.29 is 9.53 Å². The Morgan fingerprint density at radius 3 is 3.00 bits per heavy atom. The van der Waals surface area contributed by atoms with Crippen molar-refractivity contribution in [2.75, 3.05) is 20.2 Å². The fourth-order valence-electron chi connectivity index (χ4n) is 2.71. The van der Waals surface area contributed by atoms with E-state index in [9.17, 15) is 4.79 Å². The predicted molar refractivity (Wildman–Crippen MR) is 79.8 cm³/mol. The molecule has 1 aromatic carbocycles. The van der Waals surface area contributed by atoms with Crippen molar-refractivity contribution >= 4 is 5.91 Å². The Morgan fingerprint density at radius 1 is 1.50 bits per heavy atom. The maximum atomic E-state index is 12.0. The number of methoxy groups -OCH3 is 1. The van der Waals surface area contributed by atoms with Crippen LogP contribution >= 0.6 is 0 Å². The number of nitrogens with one attached hydrogen (secondary N) is 2. The van der Waals surface area contributed by atoms with Gasteiger partial charge >= 0.3 is 0 Å². The van der Waals surface area contributed by atoms with Crippen molar-refractivity contribution in [3.8, 4) is 5.75 Å². The van der Waals surface area contributed by atoms with Crippen molar-refractivity contribution in [2.45, 2.75) is 32.2 Å². The molecule has 0 bridgehead atoms. The maximum Gasteiger partial charge on any atom is 0.220 e. The molecule has 1 amide bonds. The van der Waals surface area contributed by atoms with Crippen molar-refractivity contribution in [1.29, 1.82) is 0 Å². The Kier molecular flexibility index (Phi) is 5.41. The summed E-state index contributed by atoms with van der Waals surface area (Å²) in [5.41, 5.74) is 1.02. The summed E-state index contributed by atoms with van der Waals surface area (Å²) in [6.45, 7) is 4.13. The normalized spacial score (nSPS) is 19.6. The van der Waals surface area contributed by atoms with Gasteiger partial charge in [-0.05, 0) is 44.8 Å². The third-order valence-corrected chi connectivity index (χ3v) is 3.92. The van der Waals surface area contributed by atoms with E-state index in [2.05, 4.69) is 10.6 Å². The van der Waals surface area contributed by atoms with Crippen LogP contribution in [0.3, 0.4) is 0 Å². The molecule has 0 saturated carbocycles. The molecule has 1 aliphatic heterocycles. The lowest BCUT2D eigenvalue weighted by atomic mass is 10.0. The van der Waals surface area contributed by atoms with Crippen molar-refractivity contribution in [3.05, 3.63) is 29.8 Å². The quantitative estimate of drug-likeness (QED) is 0.838. The van der Waals surface area contributed by atoms with Gasteiger partial charge in [0.25, 0.3) is 0 Å². The average Bonchev–Trinajstić information content (AvgIpc) is 2.98. The van der Waals surface area contributed by atoms with E-state index in [1.165, 1.54) is 6.42 Å². The second kappa shape index (κ2) is 7.29. The zero-order valence-electron chi connectivity index (χ0n) is 12.3. The Labute approximate surface area is 120 Å². The first kappa shape index (κ1) is 14.9. The number of ether oxygens (including phenoxy) is 1. The molecule has 2 rings (SSSR count). The third kappa shape index (κ3) is 3.97. The van der Waals surface area contributed by atoms with Crippen LogP contribution in [0, 0.1) is 5.92 Å². The van der Waals surface area contributed by atoms with Crippen LogP contribution in [0.15, 0.2) is 24.3 Å². The lowest BCUT2D eigenvalue weighted by Crippen LogP contribution is -2.27. The molecule has 1 heterocycles. The fourth-order valence-corrected chi connectivity index (χ4v) is 2.71. The smallest absolute Gasteiger partial charge is 0.220 e. The number of carbonyl (C=O) groups excluding carboxylic acids is 1. The second-order valence-electron chi connectivity index (χ2n) is 5.43. The van der Waals surface area contributed by atoms with E-state index in [1.807, 2.05) is 31.2 Å². The molecular formula is C16H24N2O2. The molecule has 0 aromatic heterocycles. The van der Waals surface area contributed by atoms with Crippen molar-refractivity contribution in [2.24, 2.45) is 5.92 Å². The van der Waals surface area contributed by atoms with E-state index in [0.717, 1.165) is 30.8 Å². The predicted octanol–water partition coefficient (Wildman–Crippen LogP) is 2.26. The van der Waals surface area contributed by atoms with Gasteiger partial charge in [0, 0.05) is 12.0 Å². The Balaban J connectivity index is 1.83. The van der Waals surface area contributed by atoms with Gasteiger partial charge in [0.2, 0.25) is 5.91 Å². The number of carbonyl (C=O) groups is 1. The number of rotatable bonds is 6. The van der Waals surface area contributed by atoms with Gasteiger partial charge in [-0.3, -0.25) is 4.79 Å². The summed E-state index contributed by atoms with van der Waals surface area (Å²) < 4.78 is 5.33. The lowest BCUT2D eigenvalue weighted by Gasteiger charge is -2.17. The number of amides is 1. The second-order valence-corrected chi connectivity index (χ2v) is 5.43. The van der Waals surface area contributed by atoms with Gasteiger partial charge in [0.05, 0.1) is 13.2 Å². The molecule has 20 heavy (non-hydrogen) atoms. The summed E-state index contributed by atoms with van der Waals surface area (Å²) in [7, 11) is 1.65. The molecule has 0 spiro atoms. The van der Waals surface area contributed by atoms with E-state index < -0.39 is 0 Å². The highest BCUT2D eigenvalue weighted by Gasteiger charge is 2.17. The van der Waals surface area contributed by atoms with Gasteiger partial charge in [-0.25, -0.2) is 0 Å². The molecule has 4 heteroatoms. The Bertz CT molecular complexity index is 442. The number of hydrogen-bond donors (Lipinski definition) is 2. The summed E-state index contributed by atoms with van der Waals surface area (Å²) >= 11 is 0. The van der Waals surface area contributed by atoms with Crippen LogP contribution < -0.4 is 15.4 Å². The first-order valence-electron chi connectivity index (χ1n) is 7.33. The zero-order valence-corrected chi connectivity index (χ0v) is 12.3. The van der Waals surface area contributed by atoms with E-state index in [-0.39, 0.29) is 11.9 Å². The minimum absolute atomic E-state index is 0.0275. The van der Waals surface area contributed by atoms with Crippen molar-refractivity contribution in [3.63, 3.8) is 0 Å². The van der Waals surface area contributed by atoms with E-state index in [0.29, 0.717) is 12.3 Å². The molecule has 1 fully saturated rings. The van der Waals surface area contributed by atoms with Crippen LogP contribution in [0.2, 0.25) is 0 Å². The van der Waals surface area contributed by atoms with Crippen LogP contribution in [0.1, 0.15) is 37.8 Å². The van der Waals surface area contributed by atoms with Gasteiger partial charge in [-0.15, -0.1) is 0 Å². The molecule has 2 atom stereocenters. The zero-order chi connectivity index (χ0) is 14.4. The van der Waals surface area contributed by atoms with E-state index in [1.54, 1.807) is 7.11 Å². The fraction of sp³-hybridized carbons (Fsp3) is 0.562. The topological polar surface area (TPSA) is 50.4 Å². The highest BCUT2D eigenvalue weighted by molar-refractivity contribution is 5.76. The SMILES string of the molecule is COc1ccccc1[C@@H](C)NC(=O)CCC1CCNC1. The highest BCUT2D eigenvalue weighted by Crippen LogP contribution is 2.24. The number of para-hydroxylation sites is 1. The molecule has 2 N–H and O–H groups in total. The molecule has 1 aliphatic rings. The Hall–Kier alpha value is -1.55. The van der Waals surface area contributed by atoms with Gasteiger partial charge in [0.15, 0.2) is 0 Å². The maximum absolute atomic E-state index is 12.0. The van der Waals surface area contributed by atoms with Crippen LogP contribution in [0.5, 0.6) is 5.75 Å². The van der Waals surface area contributed by atoms with Gasteiger partial charge in [-0.2, -0.15) is 0 Å². The largest absolute Gasteiger partial charge is 0.496 e. The van der Waals surface area contributed by atoms with Crippen LogP contribution in [0.4, 0.5) is 0 Å². The number of benzene rings is 1. The van der Waals surface area contributed by atoms with Crippen molar-refractivity contribution in [1.82, 2.24) is 10.6 Å². The minimum Gasteiger partial charge on any atom is -0.496 e. The highest BCUT2D eigenvalue weighted by atomic mass is 16.5. The third-order valence-electron chi connectivity index (χ3n) is 3.92. The molecular weight excluding hydrogens is 252 g/mol. The first-order chi connectivity index (χ1) is 9.70. The molecule has 4 nitrogen and oxygen atoms in total. The molecule has 0 radical (unpaired) electrons. The van der Waals surface area contributed by atoms with Gasteiger partial charge < -0.3 is 15.4 Å². The molecule has 1 aromatic rings. The summed E-state index contributed by atoms with van der Waals surface area (Å²) in [4.78, 5) is 12.0. The molecule has 0 aliphatic carbocycles.